The van der Waals surface area contributed by atoms with E-state index in [1.807, 2.05) is 14.0 Å². The van der Waals surface area contributed by atoms with E-state index in [1.54, 1.807) is 0 Å². The Balaban J connectivity index is 0.000000231. The van der Waals surface area contributed by atoms with E-state index in [4.69, 9.17) is 4.74 Å². The summed E-state index contributed by atoms with van der Waals surface area (Å²) in [6, 6.07) is 0.658. The first-order valence-corrected chi connectivity index (χ1v) is 9.46. The molecule has 2 saturated carbocycles. The highest BCUT2D eigenvalue weighted by molar-refractivity contribution is 5.80. The first-order valence-electron chi connectivity index (χ1n) is 9.46. The van der Waals surface area contributed by atoms with Gasteiger partial charge in [0.15, 0.2) is 0 Å². The number of carbonyl (C=O) groups is 2. The summed E-state index contributed by atoms with van der Waals surface area (Å²) in [5, 5.41) is 3.27. The molecule has 0 heterocycles. The zero-order valence-electron chi connectivity index (χ0n) is 15.0. The molecule has 0 aliphatic heterocycles. The van der Waals surface area contributed by atoms with Crippen LogP contribution < -0.4 is 5.32 Å². The molecule has 0 atom stereocenters. The predicted molar refractivity (Wildman–Crippen MR) is 93.6 cm³/mol. The minimum atomic E-state index is 0.375. The molecule has 2 fully saturated rings. The highest BCUT2D eigenvalue weighted by atomic mass is 16.5. The molecule has 0 unspecified atom stereocenters. The molecule has 0 aromatic carbocycles. The van der Waals surface area contributed by atoms with Crippen LogP contribution >= 0.6 is 0 Å². The number of ether oxygens (including phenoxy) is 1. The second-order valence-corrected chi connectivity index (χ2v) is 6.74. The van der Waals surface area contributed by atoms with Crippen LogP contribution in [-0.2, 0) is 14.3 Å². The fourth-order valence-electron chi connectivity index (χ4n) is 3.51. The van der Waals surface area contributed by atoms with Crippen molar-refractivity contribution in [2.24, 2.45) is 5.92 Å². The summed E-state index contributed by atoms with van der Waals surface area (Å²) < 4.78 is 5.49. The second kappa shape index (κ2) is 12.7. The van der Waals surface area contributed by atoms with E-state index in [2.05, 4.69) is 5.32 Å². The molecule has 0 saturated heterocycles. The van der Waals surface area contributed by atoms with Gasteiger partial charge in [0.1, 0.15) is 12.1 Å². The smallest absolute Gasteiger partial charge is 0.135 e. The number of aldehydes is 1. The van der Waals surface area contributed by atoms with Gasteiger partial charge in [0.25, 0.3) is 0 Å². The molecular formula is C19H35NO3. The molecule has 0 spiro atoms. The lowest BCUT2D eigenvalue weighted by Crippen LogP contribution is -2.32. The standard InChI is InChI=1S/C10H19NO.C9H16O2/c1-3-10(12)8-4-6-9(11-2)7-5-8;10-7-4-8-11-9-5-2-1-3-6-9/h8-9,11H,3-7H2,1-2H3;7,9H,1-6,8H2. The van der Waals surface area contributed by atoms with E-state index in [9.17, 15) is 9.59 Å². The van der Waals surface area contributed by atoms with Crippen molar-refractivity contribution in [1.82, 2.24) is 5.32 Å². The van der Waals surface area contributed by atoms with Crippen molar-refractivity contribution in [1.29, 1.82) is 0 Å². The Morgan fingerprint density at radius 1 is 1.09 bits per heavy atom. The largest absolute Gasteiger partial charge is 0.378 e. The van der Waals surface area contributed by atoms with Gasteiger partial charge in [-0.3, -0.25) is 4.79 Å². The zero-order valence-corrected chi connectivity index (χ0v) is 15.0. The average molecular weight is 325 g/mol. The normalized spacial score (nSPS) is 25.3. The van der Waals surface area contributed by atoms with Crippen molar-refractivity contribution in [3.05, 3.63) is 0 Å². The molecule has 0 aromatic heterocycles. The third-order valence-corrected chi connectivity index (χ3v) is 5.08. The maximum absolute atomic E-state index is 11.3. The molecular weight excluding hydrogens is 290 g/mol. The Labute approximate surface area is 141 Å². The fraction of sp³-hybridized carbons (Fsp3) is 0.895. The lowest BCUT2D eigenvalue weighted by Gasteiger charge is -2.26. The van der Waals surface area contributed by atoms with E-state index in [1.165, 1.54) is 44.9 Å². The van der Waals surface area contributed by atoms with Crippen LogP contribution in [0.4, 0.5) is 0 Å². The minimum absolute atomic E-state index is 0.375. The highest BCUT2D eigenvalue weighted by Gasteiger charge is 2.23. The van der Waals surface area contributed by atoms with Gasteiger partial charge in [-0.2, -0.15) is 0 Å². The van der Waals surface area contributed by atoms with Crippen molar-refractivity contribution < 1.29 is 14.3 Å². The number of ketones is 1. The molecule has 2 aliphatic rings. The van der Waals surface area contributed by atoms with Crippen molar-refractivity contribution >= 4 is 12.1 Å². The molecule has 134 valence electrons. The maximum Gasteiger partial charge on any atom is 0.135 e. The Morgan fingerprint density at radius 3 is 2.26 bits per heavy atom. The molecule has 0 aromatic rings. The third-order valence-electron chi connectivity index (χ3n) is 5.08. The van der Waals surface area contributed by atoms with E-state index < -0.39 is 0 Å². The molecule has 4 heteroatoms. The van der Waals surface area contributed by atoms with Crippen LogP contribution in [-0.4, -0.2) is 37.9 Å². The number of nitrogens with one attached hydrogen (secondary N) is 1. The topological polar surface area (TPSA) is 55.4 Å². The number of carbonyl (C=O) groups excluding carboxylic acids is 2. The third kappa shape index (κ3) is 8.61. The lowest BCUT2D eigenvalue weighted by atomic mass is 9.83. The van der Waals surface area contributed by atoms with Crippen molar-refractivity contribution in [3.8, 4) is 0 Å². The van der Waals surface area contributed by atoms with Crippen LogP contribution in [0.25, 0.3) is 0 Å². The van der Waals surface area contributed by atoms with E-state index in [-0.39, 0.29) is 0 Å². The van der Waals surface area contributed by atoms with Crippen LogP contribution in [0.2, 0.25) is 0 Å². The van der Waals surface area contributed by atoms with E-state index in [0.29, 0.717) is 36.9 Å². The van der Waals surface area contributed by atoms with Crippen LogP contribution in [0.15, 0.2) is 0 Å². The van der Waals surface area contributed by atoms with Gasteiger partial charge in [0.05, 0.1) is 12.7 Å². The molecule has 0 amide bonds. The van der Waals surface area contributed by atoms with Crippen molar-refractivity contribution in [3.63, 3.8) is 0 Å². The summed E-state index contributed by atoms with van der Waals surface area (Å²) in [7, 11) is 2.01. The van der Waals surface area contributed by atoms with Crippen molar-refractivity contribution in [2.75, 3.05) is 13.7 Å². The zero-order chi connectivity index (χ0) is 16.9. The number of hydrogen-bond donors (Lipinski definition) is 1. The van der Waals surface area contributed by atoms with Gasteiger partial charge in [0.2, 0.25) is 0 Å². The van der Waals surface area contributed by atoms with E-state index >= 15 is 0 Å². The lowest BCUT2D eigenvalue weighted by molar-refractivity contribution is -0.123. The predicted octanol–water partition coefficient (Wildman–Crippen LogP) is 3.67. The summed E-state index contributed by atoms with van der Waals surface area (Å²) in [5.74, 6) is 0.837. The van der Waals surface area contributed by atoms with Gasteiger partial charge in [-0.1, -0.05) is 26.2 Å². The second-order valence-electron chi connectivity index (χ2n) is 6.74. The van der Waals surface area contributed by atoms with Gasteiger partial charge in [-0.25, -0.2) is 0 Å². The molecule has 0 radical (unpaired) electrons. The van der Waals surface area contributed by atoms with Crippen LogP contribution in [0.5, 0.6) is 0 Å². The quantitative estimate of drug-likeness (QED) is 0.573. The summed E-state index contributed by atoms with van der Waals surface area (Å²) in [5.41, 5.74) is 0. The van der Waals surface area contributed by atoms with Gasteiger partial charge >= 0.3 is 0 Å². The number of Topliss-reactive ketones (excluding diaryl/α,β-unsaturated/α-hetero) is 1. The maximum atomic E-state index is 11.3. The Kier molecular flexibility index (Phi) is 11.2. The number of hydrogen-bond acceptors (Lipinski definition) is 4. The van der Waals surface area contributed by atoms with Crippen LogP contribution in [0.1, 0.15) is 77.6 Å². The monoisotopic (exact) mass is 325 g/mol. The van der Waals surface area contributed by atoms with Crippen LogP contribution in [0.3, 0.4) is 0 Å². The average Bonchev–Trinajstić information content (AvgIpc) is 2.63. The molecule has 4 nitrogen and oxygen atoms in total. The Morgan fingerprint density at radius 2 is 1.74 bits per heavy atom. The minimum Gasteiger partial charge on any atom is -0.378 e. The first kappa shape index (κ1) is 20.3. The Bertz CT molecular complexity index is 319. The number of rotatable bonds is 7. The molecule has 23 heavy (non-hydrogen) atoms. The molecule has 2 rings (SSSR count). The summed E-state index contributed by atoms with van der Waals surface area (Å²) in [4.78, 5) is 21.3. The summed E-state index contributed by atoms with van der Waals surface area (Å²) >= 11 is 0. The highest BCUT2D eigenvalue weighted by Crippen LogP contribution is 2.25. The molecule has 0 bridgehead atoms. The molecule has 2 aliphatic carbocycles. The van der Waals surface area contributed by atoms with Gasteiger partial charge in [-0.15, -0.1) is 0 Å². The van der Waals surface area contributed by atoms with Crippen molar-refractivity contribution in [2.45, 2.75) is 89.7 Å². The molecule has 1 N–H and O–H groups in total. The summed E-state index contributed by atoms with van der Waals surface area (Å²) in [6.45, 7) is 2.58. The van der Waals surface area contributed by atoms with Crippen LogP contribution in [0, 0.1) is 5.92 Å². The fourth-order valence-corrected chi connectivity index (χ4v) is 3.51. The van der Waals surface area contributed by atoms with Gasteiger partial charge in [-0.05, 0) is 45.6 Å². The SMILES string of the molecule is CCC(=O)C1CCC(NC)CC1.O=CCCOC1CCCCC1. The summed E-state index contributed by atoms with van der Waals surface area (Å²) in [6.07, 6.45) is 13.5. The first-order chi connectivity index (χ1) is 11.2. The van der Waals surface area contributed by atoms with E-state index in [0.717, 1.165) is 25.5 Å². The van der Waals surface area contributed by atoms with Gasteiger partial charge < -0.3 is 14.8 Å². The Hall–Kier alpha value is -0.740. The van der Waals surface area contributed by atoms with Gasteiger partial charge in [0, 0.05) is 24.8 Å².